The quantitative estimate of drug-likeness (QED) is 0.459. The normalized spacial score (nSPS) is 16.8. The zero-order valence-electron chi connectivity index (χ0n) is 12.1. The number of nitrogens with one attached hydrogen (secondary N) is 2. The predicted molar refractivity (Wildman–Crippen MR) is 76.9 cm³/mol. The molecule has 1 aliphatic rings. The van der Waals surface area contributed by atoms with Crippen molar-refractivity contribution < 1.29 is 5.11 Å². The van der Waals surface area contributed by atoms with E-state index in [2.05, 4.69) is 36.4 Å². The molecule has 0 spiro atoms. The summed E-state index contributed by atoms with van der Waals surface area (Å²) in [7, 11) is 0. The monoisotopic (exact) mass is 255 g/mol. The highest BCUT2D eigenvalue weighted by Crippen LogP contribution is 2.21. The Hall–Kier alpha value is -0.770. The van der Waals surface area contributed by atoms with Crippen molar-refractivity contribution >= 4 is 5.96 Å². The number of rotatable bonds is 8. The number of aliphatic hydroxyl groups is 1. The molecule has 1 rings (SSSR count). The summed E-state index contributed by atoms with van der Waals surface area (Å²) in [6, 6.07) is 0.591. The average Bonchev–Trinajstić information content (AvgIpc) is 3.11. The lowest BCUT2D eigenvalue weighted by Gasteiger charge is -2.26. The van der Waals surface area contributed by atoms with Gasteiger partial charge in [0.15, 0.2) is 5.96 Å². The highest BCUT2D eigenvalue weighted by atomic mass is 16.3. The van der Waals surface area contributed by atoms with Gasteiger partial charge in [0.1, 0.15) is 0 Å². The molecule has 4 heteroatoms. The van der Waals surface area contributed by atoms with Gasteiger partial charge in [-0.05, 0) is 32.6 Å². The van der Waals surface area contributed by atoms with Crippen molar-refractivity contribution in [3.8, 4) is 0 Å². The van der Waals surface area contributed by atoms with Crippen molar-refractivity contribution in [1.29, 1.82) is 0 Å². The lowest BCUT2D eigenvalue weighted by atomic mass is 9.93. The average molecular weight is 255 g/mol. The Morgan fingerprint density at radius 3 is 2.28 bits per heavy atom. The van der Waals surface area contributed by atoms with E-state index in [0.717, 1.165) is 38.2 Å². The molecule has 106 valence electrons. The maximum Gasteiger partial charge on any atom is 0.191 e. The topological polar surface area (TPSA) is 56.7 Å². The van der Waals surface area contributed by atoms with E-state index in [1.165, 1.54) is 12.8 Å². The van der Waals surface area contributed by atoms with Crippen LogP contribution in [0.1, 0.15) is 59.3 Å². The summed E-state index contributed by atoms with van der Waals surface area (Å²) < 4.78 is 0. The largest absolute Gasteiger partial charge is 0.388 e. The van der Waals surface area contributed by atoms with Gasteiger partial charge in [0.2, 0.25) is 0 Å². The molecule has 0 heterocycles. The Morgan fingerprint density at radius 2 is 1.83 bits per heavy atom. The van der Waals surface area contributed by atoms with Crippen molar-refractivity contribution in [2.45, 2.75) is 70.9 Å². The molecule has 4 nitrogen and oxygen atoms in total. The minimum atomic E-state index is -0.630. The van der Waals surface area contributed by atoms with E-state index in [4.69, 9.17) is 0 Å². The standard InChI is InChI=1S/C14H29N3O/c1-4-9-14(18,10-5-2)11-16-13(15-6-3)17-12-7-8-12/h12,18H,4-11H2,1-3H3,(H2,15,16,17). The van der Waals surface area contributed by atoms with E-state index in [-0.39, 0.29) is 0 Å². The SMILES string of the molecule is CCCC(O)(CCC)CN=C(NCC)NC1CC1. The van der Waals surface area contributed by atoms with Crippen LogP contribution >= 0.6 is 0 Å². The second-order valence-corrected chi connectivity index (χ2v) is 5.34. The van der Waals surface area contributed by atoms with Gasteiger partial charge in [0.25, 0.3) is 0 Å². The smallest absolute Gasteiger partial charge is 0.191 e. The summed E-state index contributed by atoms with van der Waals surface area (Å²) >= 11 is 0. The van der Waals surface area contributed by atoms with E-state index in [0.29, 0.717) is 12.6 Å². The zero-order chi connectivity index (χ0) is 13.4. The Morgan fingerprint density at radius 1 is 1.22 bits per heavy atom. The minimum absolute atomic E-state index is 0.497. The number of aliphatic imine (C=N–C) groups is 1. The Bertz CT molecular complexity index is 256. The first kappa shape index (κ1) is 15.3. The van der Waals surface area contributed by atoms with Crippen LogP contribution in [0.5, 0.6) is 0 Å². The Labute approximate surface area is 111 Å². The third kappa shape index (κ3) is 5.71. The lowest BCUT2D eigenvalue weighted by molar-refractivity contribution is 0.0306. The van der Waals surface area contributed by atoms with Crippen LogP contribution < -0.4 is 10.6 Å². The van der Waals surface area contributed by atoms with Crippen molar-refractivity contribution in [3.05, 3.63) is 0 Å². The molecule has 0 aromatic heterocycles. The van der Waals surface area contributed by atoms with Crippen molar-refractivity contribution in [1.82, 2.24) is 10.6 Å². The highest BCUT2D eigenvalue weighted by Gasteiger charge is 2.26. The number of guanidine groups is 1. The maximum atomic E-state index is 10.5. The minimum Gasteiger partial charge on any atom is -0.388 e. The van der Waals surface area contributed by atoms with Crippen LogP contribution in [0.3, 0.4) is 0 Å². The molecule has 0 atom stereocenters. The molecular weight excluding hydrogens is 226 g/mol. The van der Waals surface area contributed by atoms with Crippen LogP contribution in [0.4, 0.5) is 0 Å². The van der Waals surface area contributed by atoms with Crippen molar-refractivity contribution in [2.24, 2.45) is 4.99 Å². The summed E-state index contributed by atoms with van der Waals surface area (Å²) in [5.74, 6) is 0.852. The molecule has 0 saturated heterocycles. The van der Waals surface area contributed by atoms with Crippen LogP contribution in [0.15, 0.2) is 4.99 Å². The molecule has 3 N–H and O–H groups in total. The molecule has 1 saturated carbocycles. The van der Waals surface area contributed by atoms with Gasteiger partial charge >= 0.3 is 0 Å². The van der Waals surface area contributed by atoms with Gasteiger partial charge < -0.3 is 15.7 Å². The van der Waals surface area contributed by atoms with Crippen LogP contribution in [0.2, 0.25) is 0 Å². The van der Waals surface area contributed by atoms with Gasteiger partial charge in [0.05, 0.1) is 12.1 Å². The third-order valence-electron chi connectivity index (χ3n) is 3.22. The molecule has 0 aromatic carbocycles. The molecule has 0 aliphatic heterocycles. The Balaban J connectivity index is 2.52. The lowest BCUT2D eigenvalue weighted by Crippen LogP contribution is -2.41. The van der Waals surface area contributed by atoms with Crippen LogP contribution in [0, 0.1) is 0 Å². The fourth-order valence-electron chi connectivity index (χ4n) is 2.18. The molecule has 0 aromatic rings. The van der Waals surface area contributed by atoms with Crippen LogP contribution in [0.25, 0.3) is 0 Å². The molecule has 18 heavy (non-hydrogen) atoms. The predicted octanol–water partition coefficient (Wildman–Crippen LogP) is 2.04. The van der Waals surface area contributed by atoms with E-state index in [1.807, 2.05) is 0 Å². The van der Waals surface area contributed by atoms with Gasteiger partial charge in [0, 0.05) is 12.6 Å². The van der Waals surface area contributed by atoms with Gasteiger partial charge in [-0.3, -0.25) is 4.99 Å². The molecular formula is C14H29N3O. The zero-order valence-corrected chi connectivity index (χ0v) is 12.1. The van der Waals surface area contributed by atoms with Gasteiger partial charge in [-0.25, -0.2) is 0 Å². The third-order valence-corrected chi connectivity index (χ3v) is 3.22. The summed E-state index contributed by atoms with van der Waals surface area (Å²) in [5.41, 5.74) is -0.630. The van der Waals surface area contributed by atoms with E-state index in [9.17, 15) is 5.11 Å². The molecule has 0 amide bonds. The van der Waals surface area contributed by atoms with Crippen LogP contribution in [-0.2, 0) is 0 Å². The van der Waals surface area contributed by atoms with E-state index >= 15 is 0 Å². The van der Waals surface area contributed by atoms with E-state index in [1.54, 1.807) is 0 Å². The first-order valence-electron chi connectivity index (χ1n) is 7.40. The fourth-order valence-corrected chi connectivity index (χ4v) is 2.18. The number of nitrogens with zero attached hydrogens (tertiary/aromatic N) is 1. The number of hydrogen-bond donors (Lipinski definition) is 3. The summed E-state index contributed by atoms with van der Waals surface area (Å²) in [6.07, 6.45) is 6.12. The summed E-state index contributed by atoms with van der Waals surface area (Å²) in [5, 5.41) is 17.1. The summed E-state index contributed by atoms with van der Waals surface area (Å²) in [6.45, 7) is 7.64. The second kappa shape index (κ2) is 7.62. The summed E-state index contributed by atoms with van der Waals surface area (Å²) in [4.78, 5) is 4.55. The first-order valence-corrected chi connectivity index (χ1v) is 7.40. The van der Waals surface area contributed by atoms with E-state index < -0.39 is 5.60 Å². The first-order chi connectivity index (χ1) is 8.63. The van der Waals surface area contributed by atoms with Crippen molar-refractivity contribution in [3.63, 3.8) is 0 Å². The molecule has 0 unspecified atom stereocenters. The highest BCUT2D eigenvalue weighted by molar-refractivity contribution is 5.80. The molecule has 0 radical (unpaired) electrons. The van der Waals surface area contributed by atoms with Gasteiger partial charge in [-0.15, -0.1) is 0 Å². The Kier molecular flexibility index (Phi) is 6.47. The molecule has 1 aliphatic carbocycles. The van der Waals surface area contributed by atoms with Crippen LogP contribution in [-0.4, -0.2) is 35.8 Å². The molecule has 0 bridgehead atoms. The fraction of sp³-hybridized carbons (Fsp3) is 0.929. The van der Waals surface area contributed by atoms with Gasteiger partial charge in [-0.1, -0.05) is 26.7 Å². The second-order valence-electron chi connectivity index (χ2n) is 5.34. The maximum absolute atomic E-state index is 10.5. The molecule has 1 fully saturated rings. The van der Waals surface area contributed by atoms with Gasteiger partial charge in [-0.2, -0.15) is 0 Å². The number of hydrogen-bond acceptors (Lipinski definition) is 2. The van der Waals surface area contributed by atoms with Crippen molar-refractivity contribution in [2.75, 3.05) is 13.1 Å².